The van der Waals surface area contributed by atoms with Gasteiger partial charge in [0.25, 0.3) is 0 Å². The summed E-state index contributed by atoms with van der Waals surface area (Å²) < 4.78 is 14.2. The summed E-state index contributed by atoms with van der Waals surface area (Å²) in [6.07, 6.45) is 1.71. The molecule has 0 spiro atoms. The minimum atomic E-state index is -0.222. The summed E-state index contributed by atoms with van der Waals surface area (Å²) in [7, 11) is 0. The van der Waals surface area contributed by atoms with Crippen molar-refractivity contribution in [3.63, 3.8) is 0 Å². The number of hydrogen-bond acceptors (Lipinski definition) is 3. The second-order valence-electron chi connectivity index (χ2n) is 5.94. The summed E-state index contributed by atoms with van der Waals surface area (Å²) in [5.74, 6) is 0.584. The minimum Gasteiger partial charge on any atom is -0.393 e. The maximum atomic E-state index is 14.2. The van der Waals surface area contributed by atoms with Crippen LogP contribution in [0.2, 0.25) is 0 Å². The molecular weight excluding hydrogens is 243 g/mol. The molecular formula is C15H21FN2O. The molecule has 1 aliphatic heterocycles. The van der Waals surface area contributed by atoms with Crippen LogP contribution in [0.15, 0.2) is 18.2 Å². The highest BCUT2D eigenvalue weighted by atomic mass is 19.1. The highest BCUT2D eigenvalue weighted by Crippen LogP contribution is 2.41. The van der Waals surface area contributed by atoms with Crippen molar-refractivity contribution in [2.45, 2.75) is 31.9 Å². The molecule has 0 bridgehead atoms. The van der Waals surface area contributed by atoms with Crippen molar-refractivity contribution < 1.29 is 9.50 Å². The van der Waals surface area contributed by atoms with Crippen molar-refractivity contribution in [1.29, 1.82) is 0 Å². The average Bonchev–Trinajstić information content (AvgIpc) is 2.91. The largest absolute Gasteiger partial charge is 0.393 e. The number of rotatable bonds is 2. The zero-order valence-electron chi connectivity index (χ0n) is 11.2. The van der Waals surface area contributed by atoms with Crippen molar-refractivity contribution in [3.05, 3.63) is 29.6 Å². The molecule has 3 rings (SSSR count). The number of nitrogens with two attached hydrogens (primary N) is 1. The number of para-hydroxylation sites is 1. The molecule has 1 aliphatic carbocycles. The highest BCUT2D eigenvalue weighted by molar-refractivity contribution is 5.57. The van der Waals surface area contributed by atoms with E-state index in [1.54, 1.807) is 6.07 Å². The predicted octanol–water partition coefficient (Wildman–Crippen LogP) is 2.05. The van der Waals surface area contributed by atoms with Gasteiger partial charge in [-0.1, -0.05) is 12.1 Å². The summed E-state index contributed by atoms with van der Waals surface area (Å²) in [6, 6.07) is 4.92. The van der Waals surface area contributed by atoms with Crippen LogP contribution in [-0.2, 0) is 0 Å². The Morgan fingerprint density at radius 1 is 1.37 bits per heavy atom. The Kier molecular flexibility index (Phi) is 3.23. The SMILES string of the molecule is C[C@H](N)c1cccc(F)c1N1CC2CCC(O)C2C1. The molecule has 4 heteroatoms. The van der Waals surface area contributed by atoms with E-state index < -0.39 is 0 Å². The van der Waals surface area contributed by atoms with Gasteiger partial charge in [-0.25, -0.2) is 4.39 Å². The van der Waals surface area contributed by atoms with Gasteiger partial charge in [0.15, 0.2) is 0 Å². The number of benzene rings is 1. The summed E-state index contributed by atoms with van der Waals surface area (Å²) >= 11 is 0. The lowest BCUT2D eigenvalue weighted by Gasteiger charge is -2.25. The molecule has 2 fully saturated rings. The van der Waals surface area contributed by atoms with Gasteiger partial charge >= 0.3 is 0 Å². The third-order valence-electron chi connectivity index (χ3n) is 4.64. The number of nitrogens with zero attached hydrogens (tertiary/aromatic N) is 1. The molecule has 0 radical (unpaired) electrons. The Morgan fingerprint density at radius 3 is 2.84 bits per heavy atom. The Bertz CT molecular complexity index is 477. The first-order chi connectivity index (χ1) is 9.08. The van der Waals surface area contributed by atoms with Crippen molar-refractivity contribution in [2.24, 2.45) is 17.6 Å². The topological polar surface area (TPSA) is 49.5 Å². The molecule has 1 aromatic rings. The number of aliphatic hydroxyl groups excluding tert-OH is 1. The average molecular weight is 264 g/mol. The molecule has 3 unspecified atom stereocenters. The maximum absolute atomic E-state index is 14.2. The van der Waals surface area contributed by atoms with Crippen LogP contribution in [0.25, 0.3) is 0 Å². The van der Waals surface area contributed by atoms with E-state index >= 15 is 0 Å². The molecule has 1 heterocycles. The first-order valence-corrected chi connectivity index (χ1v) is 7.05. The standard InChI is InChI=1S/C15H21FN2O/c1-9(17)11-3-2-4-13(16)15(11)18-7-10-5-6-14(19)12(10)8-18/h2-4,9-10,12,14,19H,5-8,17H2,1H3/t9-,10?,12?,14?/m0/s1. The summed E-state index contributed by atoms with van der Waals surface area (Å²) in [6.45, 7) is 3.46. The number of aliphatic hydroxyl groups is 1. The summed E-state index contributed by atoms with van der Waals surface area (Å²) in [5, 5.41) is 9.97. The molecule has 104 valence electrons. The molecule has 3 nitrogen and oxygen atoms in total. The third-order valence-corrected chi connectivity index (χ3v) is 4.64. The number of fused-ring (bicyclic) bond motifs is 1. The van der Waals surface area contributed by atoms with Crippen LogP contribution in [0.1, 0.15) is 31.4 Å². The van der Waals surface area contributed by atoms with E-state index in [1.807, 2.05) is 13.0 Å². The van der Waals surface area contributed by atoms with Crippen LogP contribution in [0.5, 0.6) is 0 Å². The van der Waals surface area contributed by atoms with E-state index in [1.165, 1.54) is 6.07 Å². The van der Waals surface area contributed by atoms with Crippen LogP contribution in [0, 0.1) is 17.7 Å². The first kappa shape index (κ1) is 12.9. The first-order valence-electron chi connectivity index (χ1n) is 7.05. The lowest BCUT2D eigenvalue weighted by molar-refractivity contribution is 0.133. The monoisotopic (exact) mass is 264 g/mol. The Balaban J connectivity index is 1.92. The number of hydrogen-bond donors (Lipinski definition) is 2. The van der Waals surface area contributed by atoms with Crippen LogP contribution >= 0.6 is 0 Å². The quantitative estimate of drug-likeness (QED) is 0.859. The Morgan fingerprint density at radius 2 is 2.16 bits per heavy atom. The van der Waals surface area contributed by atoms with Gasteiger partial charge < -0.3 is 15.7 Å². The molecule has 19 heavy (non-hydrogen) atoms. The lowest BCUT2D eigenvalue weighted by Crippen LogP contribution is -2.27. The second kappa shape index (κ2) is 4.76. The Labute approximate surface area is 113 Å². The van der Waals surface area contributed by atoms with Crippen LogP contribution in [0.4, 0.5) is 10.1 Å². The van der Waals surface area contributed by atoms with Gasteiger partial charge in [0, 0.05) is 25.0 Å². The third kappa shape index (κ3) is 2.13. The van der Waals surface area contributed by atoms with E-state index in [0.717, 1.165) is 31.5 Å². The molecule has 4 atom stereocenters. The fourth-order valence-electron chi connectivity index (χ4n) is 3.65. The van der Waals surface area contributed by atoms with E-state index in [9.17, 15) is 9.50 Å². The maximum Gasteiger partial charge on any atom is 0.146 e. The van der Waals surface area contributed by atoms with Crippen molar-refractivity contribution in [2.75, 3.05) is 18.0 Å². The second-order valence-corrected chi connectivity index (χ2v) is 5.94. The molecule has 1 saturated heterocycles. The van der Waals surface area contributed by atoms with Crippen molar-refractivity contribution in [1.82, 2.24) is 0 Å². The van der Waals surface area contributed by atoms with Crippen LogP contribution in [0.3, 0.4) is 0 Å². The van der Waals surface area contributed by atoms with Gasteiger partial charge in [-0.2, -0.15) is 0 Å². The highest BCUT2D eigenvalue weighted by Gasteiger charge is 2.42. The molecule has 3 N–H and O–H groups in total. The van der Waals surface area contributed by atoms with Crippen molar-refractivity contribution >= 4 is 5.69 Å². The van der Waals surface area contributed by atoms with E-state index in [2.05, 4.69) is 4.90 Å². The summed E-state index contributed by atoms with van der Waals surface area (Å²) in [5.41, 5.74) is 7.45. The fourth-order valence-corrected chi connectivity index (χ4v) is 3.65. The molecule has 1 aromatic carbocycles. The van der Waals surface area contributed by atoms with E-state index in [4.69, 9.17) is 5.73 Å². The van der Waals surface area contributed by atoms with E-state index in [0.29, 0.717) is 17.5 Å². The predicted molar refractivity (Wildman–Crippen MR) is 73.4 cm³/mol. The van der Waals surface area contributed by atoms with Crippen LogP contribution in [-0.4, -0.2) is 24.3 Å². The zero-order valence-corrected chi connectivity index (χ0v) is 11.2. The summed E-state index contributed by atoms with van der Waals surface area (Å²) in [4.78, 5) is 2.08. The van der Waals surface area contributed by atoms with Gasteiger partial charge in [0.05, 0.1) is 11.8 Å². The Hall–Kier alpha value is -1.13. The minimum absolute atomic E-state index is 0.184. The normalized spacial score (nSPS) is 31.6. The van der Waals surface area contributed by atoms with Gasteiger partial charge in [-0.05, 0) is 37.3 Å². The number of anilines is 1. The fraction of sp³-hybridized carbons (Fsp3) is 0.600. The van der Waals surface area contributed by atoms with Crippen molar-refractivity contribution in [3.8, 4) is 0 Å². The van der Waals surface area contributed by atoms with Gasteiger partial charge in [0.1, 0.15) is 5.82 Å². The smallest absolute Gasteiger partial charge is 0.146 e. The van der Waals surface area contributed by atoms with Crippen LogP contribution < -0.4 is 10.6 Å². The van der Waals surface area contributed by atoms with E-state index in [-0.39, 0.29) is 18.0 Å². The lowest BCUT2D eigenvalue weighted by atomic mass is 10.00. The van der Waals surface area contributed by atoms with Gasteiger partial charge in [0.2, 0.25) is 0 Å². The van der Waals surface area contributed by atoms with Gasteiger partial charge in [-0.15, -0.1) is 0 Å². The van der Waals surface area contributed by atoms with Gasteiger partial charge in [-0.3, -0.25) is 0 Å². The molecule has 0 aromatic heterocycles. The molecule has 2 aliphatic rings. The molecule has 0 amide bonds. The molecule has 1 saturated carbocycles. The number of halogens is 1. The zero-order chi connectivity index (χ0) is 13.6.